The molecule has 0 saturated carbocycles. The molecule has 9 heteroatoms. The molecule has 2 rings (SSSR count). The van der Waals surface area contributed by atoms with Crippen LogP contribution in [0.3, 0.4) is 0 Å². The predicted octanol–water partition coefficient (Wildman–Crippen LogP) is 2.85. The lowest BCUT2D eigenvalue weighted by Gasteiger charge is -2.12. The molecular weight excluding hydrogens is 410 g/mol. The van der Waals surface area contributed by atoms with E-state index < -0.39 is 11.8 Å². The lowest BCUT2D eigenvalue weighted by Crippen LogP contribution is -2.42. The summed E-state index contributed by atoms with van der Waals surface area (Å²) in [5.41, 5.74) is 6.22. The molecule has 0 bridgehead atoms. The summed E-state index contributed by atoms with van der Waals surface area (Å²) in [7, 11) is 1.55. The SMILES string of the molecule is COCCOc1ccccc1C(=O)NNC(=O)CCC(=O)Nc1cccc(Cl)c1C. The van der Waals surface area contributed by atoms with E-state index >= 15 is 0 Å². The molecule has 2 aromatic carbocycles. The Morgan fingerprint density at radius 3 is 2.43 bits per heavy atom. The lowest BCUT2D eigenvalue weighted by atomic mass is 10.2. The third-order valence-electron chi connectivity index (χ3n) is 4.11. The van der Waals surface area contributed by atoms with Crippen LogP contribution in [0.25, 0.3) is 0 Å². The number of rotatable bonds is 9. The van der Waals surface area contributed by atoms with Gasteiger partial charge in [-0.15, -0.1) is 0 Å². The molecule has 0 aliphatic rings. The van der Waals surface area contributed by atoms with Gasteiger partial charge >= 0.3 is 0 Å². The summed E-state index contributed by atoms with van der Waals surface area (Å²) < 4.78 is 10.4. The molecule has 8 nitrogen and oxygen atoms in total. The molecule has 30 heavy (non-hydrogen) atoms. The zero-order chi connectivity index (χ0) is 21.9. The number of nitrogens with one attached hydrogen (secondary N) is 3. The minimum Gasteiger partial charge on any atom is -0.490 e. The summed E-state index contributed by atoms with van der Waals surface area (Å²) in [5, 5.41) is 3.25. The smallest absolute Gasteiger partial charge is 0.273 e. The molecule has 0 fully saturated rings. The minimum atomic E-state index is -0.532. The highest BCUT2D eigenvalue weighted by Crippen LogP contribution is 2.23. The number of hydrazine groups is 1. The second-order valence-corrected chi connectivity index (χ2v) is 6.71. The molecule has 0 aromatic heterocycles. The maximum absolute atomic E-state index is 12.3. The summed E-state index contributed by atoms with van der Waals surface area (Å²) in [6, 6.07) is 11.8. The van der Waals surface area contributed by atoms with Crippen LogP contribution in [-0.4, -0.2) is 38.0 Å². The molecule has 2 aromatic rings. The molecule has 0 heterocycles. The third-order valence-corrected chi connectivity index (χ3v) is 4.52. The van der Waals surface area contributed by atoms with E-state index in [-0.39, 0.29) is 30.9 Å². The quantitative estimate of drug-likeness (QED) is 0.416. The first-order chi connectivity index (χ1) is 14.4. The van der Waals surface area contributed by atoms with Crippen molar-refractivity contribution < 1.29 is 23.9 Å². The topological polar surface area (TPSA) is 106 Å². The number of methoxy groups -OCH3 is 1. The largest absolute Gasteiger partial charge is 0.490 e. The standard InChI is InChI=1S/C21H24ClN3O5/c1-14-16(22)7-5-8-17(14)23-19(26)10-11-20(27)24-25-21(28)15-6-3-4-9-18(15)30-13-12-29-2/h3-9H,10-13H2,1-2H3,(H,23,26)(H,24,27)(H,25,28). The molecule has 3 N–H and O–H groups in total. The van der Waals surface area contributed by atoms with Crippen molar-refractivity contribution in [3.8, 4) is 5.75 Å². The van der Waals surface area contributed by atoms with E-state index in [1.54, 1.807) is 56.5 Å². The van der Waals surface area contributed by atoms with Gasteiger partial charge in [0, 0.05) is 30.7 Å². The van der Waals surface area contributed by atoms with Crippen molar-refractivity contribution >= 4 is 35.0 Å². The minimum absolute atomic E-state index is 0.0512. The first-order valence-corrected chi connectivity index (χ1v) is 9.65. The van der Waals surface area contributed by atoms with Gasteiger partial charge in [0.2, 0.25) is 11.8 Å². The molecule has 3 amide bonds. The van der Waals surface area contributed by atoms with Gasteiger partial charge in [0.15, 0.2) is 0 Å². The summed E-state index contributed by atoms with van der Waals surface area (Å²) in [4.78, 5) is 36.4. The maximum Gasteiger partial charge on any atom is 0.273 e. The summed E-state index contributed by atoms with van der Waals surface area (Å²) in [6.45, 7) is 2.45. The fourth-order valence-electron chi connectivity index (χ4n) is 2.45. The number of benzene rings is 2. The molecule has 0 atom stereocenters. The molecule has 0 aliphatic carbocycles. The van der Waals surface area contributed by atoms with Gasteiger partial charge in [-0.1, -0.05) is 29.8 Å². The Bertz CT molecular complexity index is 904. The Balaban J connectivity index is 1.80. The van der Waals surface area contributed by atoms with Crippen molar-refractivity contribution in [2.45, 2.75) is 19.8 Å². The fraction of sp³-hybridized carbons (Fsp3) is 0.286. The van der Waals surface area contributed by atoms with Gasteiger partial charge in [0.05, 0.1) is 12.2 Å². The van der Waals surface area contributed by atoms with Crippen LogP contribution in [0.15, 0.2) is 42.5 Å². The Morgan fingerprint density at radius 1 is 0.933 bits per heavy atom. The average Bonchev–Trinajstić information content (AvgIpc) is 2.74. The normalized spacial score (nSPS) is 10.2. The second kappa shape index (κ2) is 11.8. The van der Waals surface area contributed by atoms with Gasteiger partial charge < -0.3 is 14.8 Å². The van der Waals surface area contributed by atoms with Crippen LogP contribution >= 0.6 is 11.6 Å². The first kappa shape index (κ1) is 23.2. The molecular formula is C21H24ClN3O5. The molecule has 0 saturated heterocycles. The van der Waals surface area contributed by atoms with Crippen LogP contribution in [0.2, 0.25) is 5.02 Å². The van der Waals surface area contributed by atoms with E-state index in [4.69, 9.17) is 21.1 Å². The number of carbonyl (C=O) groups is 3. The Morgan fingerprint density at radius 2 is 1.67 bits per heavy atom. The van der Waals surface area contributed by atoms with E-state index in [0.29, 0.717) is 23.1 Å². The molecule has 0 radical (unpaired) electrons. The van der Waals surface area contributed by atoms with Crippen LogP contribution in [0.5, 0.6) is 5.75 Å². The van der Waals surface area contributed by atoms with Gasteiger partial charge in [-0.25, -0.2) is 0 Å². The summed E-state index contributed by atoms with van der Waals surface area (Å²) in [6.07, 6.45) is -0.151. The first-order valence-electron chi connectivity index (χ1n) is 9.27. The Kier molecular flexibility index (Phi) is 9.11. The van der Waals surface area contributed by atoms with Crippen molar-refractivity contribution in [3.63, 3.8) is 0 Å². The number of para-hydroxylation sites is 1. The van der Waals surface area contributed by atoms with Crippen molar-refractivity contribution in [2.75, 3.05) is 25.6 Å². The van der Waals surface area contributed by atoms with Crippen molar-refractivity contribution in [1.29, 1.82) is 0 Å². The van der Waals surface area contributed by atoms with Gasteiger partial charge in [-0.3, -0.25) is 25.2 Å². The van der Waals surface area contributed by atoms with Gasteiger partial charge in [-0.2, -0.15) is 0 Å². The molecule has 0 spiro atoms. The highest BCUT2D eigenvalue weighted by molar-refractivity contribution is 6.31. The van der Waals surface area contributed by atoms with E-state index in [1.165, 1.54) is 0 Å². The summed E-state index contributed by atoms with van der Waals surface area (Å²) in [5.74, 6) is -0.995. The molecule has 160 valence electrons. The number of hydrogen-bond acceptors (Lipinski definition) is 5. The van der Waals surface area contributed by atoms with Crippen LogP contribution < -0.4 is 20.9 Å². The number of ether oxygens (including phenoxy) is 2. The van der Waals surface area contributed by atoms with Crippen molar-refractivity contribution in [3.05, 3.63) is 58.6 Å². The monoisotopic (exact) mass is 433 g/mol. The number of halogens is 1. The zero-order valence-electron chi connectivity index (χ0n) is 16.8. The van der Waals surface area contributed by atoms with E-state index in [2.05, 4.69) is 16.2 Å². The molecule has 0 unspecified atom stereocenters. The van der Waals surface area contributed by atoms with E-state index in [9.17, 15) is 14.4 Å². The highest BCUT2D eigenvalue weighted by atomic mass is 35.5. The molecule has 0 aliphatic heterocycles. The van der Waals surface area contributed by atoms with Crippen LogP contribution in [-0.2, 0) is 14.3 Å². The lowest BCUT2D eigenvalue weighted by molar-refractivity contribution is -0.124. The number of hydrogen-bond donors (Lipinski definition) is 3. The van der Waals surface area contributed by atoms with Crippen LogP contribution in [0.1, 0.15) is 28.8 Å². The summed E-state index contributed by atoms with van der Waals surface area (Å²) >= 11 is 6.02. The van der Waals surface area contributed by atoms with Crippen LogP contribution in [0, 0.1) is 6.92 Å². The zero-order valence-corrected chi connectivity index (χ0v) is 17.5. The number of carbonyl (C=O) groups excluding carboxylic acids is 3. The number of amides is 3. The van der Waals surface area contributed by atoms with Gasteiger partial charge in [0.1, 0.15) is 12.4 Å². The Labute approximate surface area is 179 Å². The van der Waals surface area contributed by atoms with Crippen LogP contribution in [0.4, 0.5) is 5.69 Å². The third kappa shape index (κ3) is 7.06. The maximum atomic E-state index is 12.3. The average molecular weight is 434 g/mol. The Hall–Kier alpha value is -3.10. The van der Waals surface area contributed by atoms with E-state index in [1.807, 2.05) is 0 Å². The van der Waals surface area contributed by atoms with E-state index in [0.717, 1.165) is 5.56 Å². The van der Waals surface area contributed by atoms with Crippen molar-refractivity contribution in [2.24, 2.45) is 0 Å². The van der Waals surface area contributed by atoms with Gasteiger partial charge in [0.25, 0.3) is 5.91 Å². The van der Waals surface area contributed by atoms with Gasteiger partial charge in [-0.05, 0) is 36.8 Å². The number of anilines is 1. The fourth-order valence-corrected chi connectivity index (χ4v) is 2.63. The highest BCUT2D eigenvalue weighted by Gasteiger charge is 2.14. The second-order valence-electron chi connectivity index (χ2n) is 6.30. The van der Waals surface area contributed by atoms with Crippen molar-refractivity contribution in [1.82, 2.24) is 10.9 Å². The predicted molar refractivity (Wildman–Crippen MR) is 113 cm³/mol.